The van der Waals surface area contributed by atoms with Gasteiger partial charge in [-0.15, -0.1) is 0 Å². The molecule has 1 aromatic rings. The lowest BCUT2D eigenvalue weighted by Crippen LogP contribution is -1.98. The summed E-state index contributed by atoms with van der Waals surface area (Å²) < 4.78 is 0. The Kier molecular flexibility index (Phi) is 2.29. The molecule has 0 unspecified atom stereocenters. The van der Waals surface area contributed by atoms with Crippen LogP contribution in [-0.2, 0) is 0 Å². The molecule has 0 heterocycles. The summed E-state index contributed by atoms with van der Waals surface area (Å²) in [5.41, 5.74) is 7.76. The number of hydrogen-bond acceptors (Lipinski definition) is 2. The zero-order valence-electron chi connectivity index (χ0n) is 7.00. The van der Waals surface area contributed by atoms with Gasteiger partial charge < -0.3 is 5.73 Å². The van der Waals surface area contributed by atoms with Crippen LogP contribution in [0.5, 0.6) is 0 Å². The third-order valence-corrected chi connectivity index (χ3v) is 1.70. The van der Waals surface area contributed by atoms with Gasteiger partial charge in [0, 0.05) is 11.3 Å². The number of carbonyl (C=O) groups is 1. The van der Waals surface area contributed by atoms with Crippen LogP contribution in [0.1, 0.15) is 15.9 Å². The van der Waals surface area contributed by atoms with Gasteiger partial charge in [0.1, 0.15) is 0 Å². The lowest BCUT2D eigenvalue weighted by molar-refractivity contribution is 0.104. The average Bonchev–Trinajstić information content (AvgIpc) is 2.03. The molecular weight excluding hydrogens is 150 g/mol. The highest BCUT2D eigenvalue weighted by atomic mass is 16.1. The topological polar surface area (TPSA) is 43.1 Å². The number of rotatable bonds is 2. The first-order chi connectivity index (χ1) is 5.65. The molecule has 0 aliphatic rings. The molecule has 0 radical (unpaired) electrons. The summed E-state index contributed by atoms with van der Waals surface area (Å²) in [6.07, 6.45) is 1.30. The first-order valence-corrected chi connectivity index (χ1v) is 3.68. The molecule has 0 saturated carbocycles. The molecule has 1 rings (SSSR count). The number of nitrogens with two attached hydrogens (primary N) is 1. The van der Waals surface area contributed by atoms with E-state index >= 15 is 0 Å². The molecule has 0 fully saturated rings. The lowest BCUT2D eigenvalue weighted by Gasteiger charge is -2.01. The van der Waals surface area contributed by atoms with E-state index in [0.717, 1.165) is 5.56 Å². The highest BCUT2D eigenvalue weighted by Gasteiger charge is 2.03. The fourth-order valence-electron chi connectivity index (χ4n) is 1.07. The fourth-order valence-corrected chi connectivity index (χ4v) is 1.07. The van der Waals surface area contributed by atoms with Gasteiger partial charge in [-0.2, -0.15) is 0 Å². The molecule has 1 aromatic carbocycles. The van der Waals surface area contributed by atoms with Crippen molar-refractivity contribution in [3.8, 4) is 0 Å². The zero-order valence-corrected chi connectivity index (χ0v) is 7.00. The van der Waals surface area contributed by atoms with Gasteiger partial charge in [0.05, 0.1) is 0 Å². The predicted molar refractivity (Wildman–Crippen MR) is 50.1 cm³/mol. The molecule has 0 aliphatic carbocycles. The maximum absolute atomic E-state index is 11.2. The smallest absolute Gasteiger partial charge is 0.185 e. The Labute approximate surface area is 71.7 Å². The Bertz CT molecular complexity index is 329. The minimum absolute atomic E-state index is 0.0625. The summed E-state index contributed by atoms with van der Waals surface area (Å²) in [6, 6.07) is 5.20. The largest absolute Gasteiger partial charge is 0.399 e. The molecule has 0 aliphatic heterocycles. The minimum atomic E-state index is -0.0625. The van der Waals surface area contributed by atoms with E-state index < -0.39 is 0 Å². The molecule has 2 nitrogen and oxygen atoms in total. The van der Waals surface area contributed by atoms with Gasteiger partial charge in [-0.25, -0.2) is 0 Å². The highest BCUT2D eigenvalue weighted by molar-refractivity contribution is 6.05. The molecular formula is C10H11NO. The molecule has 62 valence electrons. The van der Waals surface area contributed by atoms with E-state index in [-0.39, 0.29) is 5.78 Å². The molecule has 0 bridgehead atoms. The van der Waals surface area contributed by atoms with Crippen LogP contribution in [0.4, 0.5) is 5.69 Å². The maximum Gasteiger partial charge on any atom is 0.185 e. The van der Waals surface area contributed by atoms with E-state index in [0.29, 0.717) is 11.3 Å². The second-order valence-corrected chi connectivity index (χ2v) is 2.64. The number of ketones is 1. The summed E-state index contributed by atoms with van der Waals surface area (Å²) in [7, 11) is 0. The van der Waals surface area contributed by atoms with Gasteiger partial charge in [0.15, 0.2) is 5.78 Å². The number of allylic oxidation sites excluding steroid dienone is 1. The summed E-state index contributed by atoms with van der Waals surface area (Å²) >= 11 is 0. The SMILES string of the molecule is C=CC(=O)c1ccc(N)cc1C. The quantitative estimate of drug-likeness (QED) is 0.409. The van der Waals surface area contributed by atoms with Crippen molar-refractivity contribution in [3.63, 3.8) is 0 Å². The van der Waals surface area contributed by atoms with Crippen LogP contribution in [0, 0.1) is 6.92 Å². The van der Waals surface area contributed by atoms with Crippen molar-refractivity contribution >= 4 is 11.5 Å². The van der Waals surface area contributed by atoms with Gasteiger partial charge in [-0.1, -0.05) is 6.58 Å². The zero-order chi connectivity index (χ0) is 9.14. The van der Waals surface area contributed by atoms with Crippen LogP contribution in [-0.4, -0.2) is 5.78 Å². The third kappa shape index (κ3) is 1.53. The van der Waals surface area contributed by atoms with Crippen LogP contribution < -0.4 is 5.73 Å². The minimum Gasteiger partial charge on any atom is -0.399 e. The molecule has 0 spiro atoms. The van der Waals surface area contributed by atoms with Crippen molar-refractivity contribution in [1.29, 1.82) is 0 Å². The molecule has 0 amide bonds. The van der Waals surface area contributed by atoms with Crippen molar-refractivity contribution in [3.05, 3.63) is 42.0 Å². The Hall–Kier alpha value is -1.57. The third-order valence-electron chi connectivity index (χ3n) is 1.70. The van der Waals surface area contributed by atoms with Gasteiger partial charge in [0.25, 0.3) is 0 Å². The van der Waals surface area contributed by atoms with E-state index in [1.807, 2.05) is 6.92 Å². The van der Waals surface area contributed by atoms with Crippen LogP contribution in [0.25, 0.3) is 0 Å². The van der Waals surface area contributed by atoms with E-state index in [2.05, 4.69) is 6.58 Å². The van der Waals surface area contributed by atoms with E-state index in [4.69, 9.17) is 5.73 Å². The maximum atomic E-state index is 11.2. The predicted octanol–water partition coefficient (Wildman–Crippen LogP) is 1.95. The Morgan fingerprint density at radius 2 is 2.25 bits per heavy atom. The monoisotopic (exact) mass is 161 g/mol. The van der Waals surface area contributed by atoms with Crippen molar-refractivity contribution in [2.45, 2.75) is 6.92 Å². The standard InChI is InChI=1S/C10H11NO/c1-3-10(12)9-5-4-8(11)6-7(9)2/h3-6H,1,11H2,2H3. The second kappa shape index (κ2) is 3.22. The summed E-state index contributed by atoms with van der Waals surface area (Å²) in [4.78, 5) is 11.2. The van der Waals surface area contributed by atoms with Crippen LogP contribution in [0.3, 0.4) is 0 Å². The first kappa shape index (κ1) is 8.53. The van der Waals surface area contributed by atoms with Gasteiger partial charge in [0.2, 0.25) is 0 Å². The van der Waals surface area contributed by atoms with Crippen molar-refractivity contribution in [1.82, 2.24) is 0 Å². The highest BCUT2D eigenvalue weighted by Crippen LogP contribution is 2.12. The van der Waals surface area contributed by atoms with Crippen LogP contribution >= 0.6 is 0 Å². The summed E-state index contributed by atoms with van der Waals surface area (Å²) in [5.74, 6) is -0.0625. The summed E-state index contributed by atoms with van der Waals surface area (Å²) in [5, 5.41) is 0. The Morgan fingerprint density at radius 1 is 1.58 bits per heavy atom. The molecule has 0 saturated heterocycles. The number of aryl methyl sites for hydroxylation is 1. The average molecular weight is 161 g/mol. The molecule has 12 heavy (non-hydrogen) atoms. The molecule has 2 N–H and O–H groups in total. The number of nitrogen functional groups attached to an aromatic ring is 1. The number of benzene rings is 1. The van der Waals surface area contributed by atoms with E-state index in [9.17, 15) is 4.79 Å². The van der Waals surface area contributed by atoms with Crippen molar-refractivity contribution < 1.29 is 4.79 Å². The van der Waals surface area contributed by atoms with Crippen molar-refractivity contribution in [2.75, 3.05) is 5.73 Å². The lowest BCUT2D eigenvalue weighted by atomic mass is 10.0. The van der Waals surface area contributed by atoms with Crippen LogP contribution in [0.2, 0.25) is 0 Å². The van der Waals surface area contributed by atoms with E-state index in [1.54, 1.807) is 18.2 Å². The van der Waals surface area contributed by atoms with Gasteiger partial charge in [-0.3, -0.25) is 4.79 Å². The molecule has 0 aromatic heterocycles. The first-order valence-electron chi connectivity index (χ1n) is 3.68. The number of hydrogen-bond donors (Lipinski definition) is 1. The summed E-state index contributed by atoms with van der Waals surface area (Å²) in [6.45, 7) is 5.27. The van der Waals surface area contributed by atoms with Gasteiger partial charge >= 0.3 is 0 Å². The molecule has 0 atom stereocenters. The Morgan fingerprint density at radius 3 is 2.75 bits per heavy atom. The number of anilines is 1. The van der Waals surface area contributed by atoms with Gasteiger partial charge in [-0.05, 0) is 36.8 Å². The molecule has 2 heteroatoms. The van der Waals surface area contributed by atoms with Crippen LogP contribution in [0.15, 0.2) is 30.9 Å². The van der Waals surface area contributed by atoms with E-state index in [1.165, 1.54) is 6.08 Å². The fraction of sp³-hybridized carbons (Fsp3) is 0.100. The van der Waals surface area contributed by atoms with Crippen molar-refractivity contribution in [2.24, 2.45) is 0 Å². The number of carbonyl (C=O) groups excluding carboxylic acids is 1. The second-order valence-electron chi connectivity index (χ2n) is 2.64. The normalized spacial score (nSPS) is 9.42. The Balaban J connectivity index is 3.18.